The molecule has 2 heterocycles. The first-order chi connectivity index (χ1) is 15.0. The highest BCUT2D eigenvalue weighted by atomic mass is 16.5. The number of nitrogens with zero attached hydrogens (tertiary/aromatic N) is 2. The van der Waals surface area contributed by atoms with E-state index >= 15 is 0 Å². The Bertz CT molecular complexity index is 965. The van der Waals surface area contributed by atoms with Crippen molar-refractivity contribution in [3.8, 4) is 11.5 Å². The van der Waals surface area contributed by atoms with Crippen molar-refractivity contribution >= 4 is 11.9 Å². The summed E-state index contributed by atoms with van der Waals surface area (Å²) in [5, 5.41) is 2.97. The first kappa shape index (κ1) is 21.2. The Hall–Kier alpha value is -3.06. The predicted octanol–water partition coefficient (Wildman–Crippen LogP) is 3.66. The monoisotopic (exact) mass is 423 g/mol. The molecule has 2 saturated heterocycles. The number of carbonyl (C=O) groups is 2. The number of hydrogen-bond acceptors (Lipinski definition) is 5. The number of urea groups is 1. The van der Waals surface area contributed by atoms with Crippen molar-refractivity contribution in [2.45, 2.75) is 37.8 Å². The maximum Gasteiger partial charge on any atom is 0.326 e. The van der Waals surface area contributed by atoms with Crippen molar-refractivity contribution in [1.29, 1.82) is 0 Å². The molecule has 0 aromatic heterocycles. The molecule has 7 nitrogen and oxygen atoms in total. The van der Waals surface area contributed by atoms with Crippen LogP contribution in [0.3, 0.4) is 0 Å². The Morgan fingerprint density at radius 3 is 2.55 bits per heavy atom. The molecule has 2 aliphatic rings. The first-order valence-corrected chi connectivity index (χ1v) is 10.7. The van der Waals surface area contributed by atoms with E-state index in [1.807, 2.05) is 55.5 Å². The van der Waals surface area contributed by atoms with Gasteiger partial charge in [-0.25, -0.2) is 9.69 Å². The second kappa shape index (κ2) is 8.59. The lowest BCUT2D eigenvalue weighted by Gasteiger charge is -2.30. The van der Waals surface area contributed by atoms with E-state index in [0.717, 1.165) is 42.0 Å². The molecule has 0 saturated carbocycles. The SMILES string of the molecule is CC[C@@]1(c2ccccc2)NC(=O)N(CN2CCC[C@@H]2c2cc(OC)ccc2OC)C1=O. The summed E-state index contributed by atoms with van der Waals surface area (Å²) in [5.41, 5.74) is 0.809. The molecular formula is C24H29N3O4. The zero-order valence-electron chi connectivity index (χ0n) is 18.3. The minimum absolute atomic E-state index is 0.0407. The summed E-state index contributed by atoms with van der Waals surface area (Å²) in [5.74, 6) is 1.34. The molecule has 1 N–H and O–H groups in total. The van der Waals surface area contributed by atoms with Gasteiger partial charge in [-0.15, -0.1) is 0 Å². The smallest absolute Gasteiger partial charge is 0.326 e. The van der Waals surface area contributed by atoms with Crippen LogP contribution < -0.4 is 14.8 Å². The van der Waals surface area contributed by atoms with Crippen molar-refractivity contribution < 1.29 is 19.1 Å². The zero-order valence-corrected chi connectivity index (χ0v) is 18.3. The third-order valence-electron chi connectivity index (χ3n) is 6.46. The molecule has 31 heavy (non-hydrogen) atoms. The van der Waals surface area contributed by atoms with Crippen LogP contribution in [0.2, 0.25) is 0 Å². The molecule has 2 aliphatic heterocycles. The van der Waals surface area contributed by atoms with E-state index in [9.17, 15) is 9.59 Å². The predicted molar refractivity (Wildman–Crippen MR) is 117 cm³/mol. The molecule has 0 spiro atoms. The molecule has 2 atom stereocenters. The summed E-state index contributed by atoms with van der Waals surface area (Å²) in [6.45, 7) is 2.96. The van der Waals surface area contributed by atoms with Gasteiger partial charge in [0.15, 0.2) is 0 Å². The summed E-state index contributed by atoms with van der Waals surface area (Å²) >= 11 is 0. The van der Waals surface area contributed by atoms with Gasteiger partial charge in [0, 0.05) is 18.2 Å². The van der Waals surface area contributed by atoms with Gasteiger partial charge in [-0.2, -0.15) is 0 Å². The van der Waals surface area contributed by atoms with E-state index in [4.69, 9.17) is 9.47 Å². The van der Waals surface area contributed by atoms with Gasteiger partial charge >= 0.3 is 6.03 Å². The number of nitrogens with one attached hydrogen (secondary N) is 1. The number of amides is 3. The number of carbonyl (C=O) groups excluding carboxylic acids is 2. The van der Waals surface area contributed by atoms with E-state index in [2.05, 4.69) is 10.2 Å². The minimum atomic E-state index is -1.01. The molecular weight excluding hydrogens is 394 g/mol. The van der Waals surface area contributed by atoms with E-state index in [1.165, 1.54) is 4.90 Å². The van der Waals surface area contributed by atoms with Crippen LogP contribution in [0.15, 0.2) is 48.5 Å². The Labute approximate surface area is 182 Å². The number of rotatable bonds is 7. The summed E-state index contributed by atoms with van der Waals surface area (Å²) in [6, 6.07) is 14.9. The van der Waals surface area contributed by atoms with Gasteiger partial charge in [-0.1, -0.05) is 37.3 Å². The molecule has 2 aromatic rings. The van der Waals surface area contributed by atoms with Gasteiger partial charge in [-0.3, -0.25) is 9.69 Å². The maximum absolute atomic E-state index is 13.5. The van der Waals surface area contributed by atoms with Crippen LogP contribution in [0.1, 0.15) is 43.4 Å². The van der Waals surface area contributed by atoms with Crippen molar-refractivity contribution in [2.24, 2.45) is 0 Å². The molecule has 2 fully saturated rings. The fraction of sp³-hybridized carbons (Fsp3) is 0.417. The van der Waals surface area contributed by atoms with Gasteiger partial charge in [0.05, 0.1) is 20.9 Å². The molecule has 0 bridgehead atoms. The Morgan fingerprint density at radius 2 is 1.87 bits per heavy atom. The van der Waals surface area contributed by atoms with Crippen LogP contribution in [-0.2, 0) is 10.3 Å². The summed E-state index contributed by atoms with van der Waals surface area (Å²) in [6.07, 6.45) is 2.39. The topological polar surface area (TPSA) is 71.1 Å². The van der Waals surface area contributed by atoms with Gasteiger partial charge in [0.1, 0.15) is 17.0 Å². The second-order valence-corrected chi connectivity index (χ2v) is 8.01. The molecule has 4 rings (SSSR count). The summed E-state index contributed by atoms with van der Waals surface area (Å²) in [7, 11) is 3.29. The molecule has 164 valence electrons. The highest BCUT2D eigenvalue weighted by Gasteiger charge is 2.52. The largest absolute Gasteiger partial charge is 0.497 e. The Balaban J connectivity index is 1.60. The van der Waals surface area contributed by atoms with E-state index in [1.54, 1.807) is 14.2 Å². The minimum Gasteiger partial charge on any atom is -0.497 e. The Morgan fingerprint density at radius 1 is 1.10 bits per heavy atom. The lowest BCUT2D eigenvalue weighted by Crippen LogP contribution is -2.45. The van der Waals surface area contributed by atoms with Crippen LogP contribution in [0.5, 0.6) is 11.5 Å². The number of likely N-dealkylation sites (tertiary alicyclic amines) is 1. The number of benzene rings is 2. The van der Waals surface area contributed by atoms with Gasteiger partial charge < -0.3 is 14.8 Å². The van der Waals surface area contributed by atoms with Crippen molar-refractivity contribution in [1.82, 2.24) is 15.1 Å². The van der Waals surface area contributed by atoms with Crippen molar-refractivity contribution in [3.63, 3.8) is 0 Å². The molecule has 7 heteroatoms. The van der Waals surface area contributed by atoms with E-state index in [-0.39, 0.29) is 24.6 Å². The summed E-state index contributed by atoms with van der Waals surface area (Å²) in [4.78, 5) is 29.9. The highest BCUT2D eigenvalue weighted by Crippen LogP contribution is 2.40. The van der Waals surface area contributed by atoms with Crippen LogP contribution in [0.25, 0.3) is 0 Å². The highest BCUT2D eigenvalue weighted by molar-refractivity contribution is 6.07. The normalized spacial score (nSPS) is 23.8. The number of methoxy groups -OCH3 is 2. The number of ether oxygens (including phenoxy) is 2. The first-order valence-electron chi connectivity index (χ1n) is 10.7. The van der Waals surface area contributed by atoms with Gasteiger partial charge in [0.25, 0.3) is 5.91 Å². The third kappa shape index (κ3) is 3.63. The van der Waals surface area contributed by atoms with Crippen molar-refractivity contribution in [3.05, 3.63) is 59.7 Å². The number of imide groups is 1. The molecule has 2 aromatic carbocycles. The fourth-order valence-corrected chi connectivity index (χ4v) is 4.75. The molecule has 0 unspecified atom stereocenters. The average molecular weight is 424 g/mol. The van der Waals surface area contributed by atoms with Crippen LogP contribution in [0.4, 0.5) is 4.79 Å². The molecule has 3 amide bonds. The maximum atomic E-state index is 13.5. The Kier molecular flexibility index (Phi) is 5.87. The van der Waals surface area contributed by atoms with Crippen molar-refractivity contribution in [2.75, 3.05) is 27.4 Å². The quantitative estimate of drug-likeness (QED) is 0.689. The molecule has 0 aliphatic carbocycles. The average Bonchev–Trinajstić information content (AvgIpc) is 3.37. The lowest BCUT2D eigenvalue weighted by atomic mass is 9.87. The van der Waals surface area contributed by atoms with Crippen LogP contribution in [0, 0.1) is 0 Å². The zero-order chi connectivity index (χ0) is 22.0. The van der Waals surface area contributed by atoms with Gasteiger partial charge in [0.2, 0.25) is 0 Å². The van der Waals surface area contributed by atoms with Gasteiger partial charge in [-0.05, 0) is 43.0 Å². The van der Waals surface area contributed by atoms with E-state index in [0.29, 0.717) is 6.42 Å². The van der Waals surface area contributed by atoms with Crippen LogP contribution in [-0.4, -0.2) is 49.2 Å². The third-order valence-corrected chi connectivity index (χ3v) is 6.46. The molecule has 0 radical (unpaired) electrons. The van der Waals surface area contributed by atoms with Crippen LogP contribution >= 0.6 is 0 Å². The second-order valence-electron chi connectivity index (χ2n) is 8.01. The number of hydrogen-bond donors (Lipinski definition) is 1. The lowest BCUT2D eigenvalue weighted by molar-refractivity contribution is -0.133. The van der Waals surface area contributed by atoms with E-state index < -0.39 is 5.54 Å². The standard InChI is InChI=1S/C24H29N3O4/c1-4-24(17-9-6-5-7-10-17)22(28)27(23(29)25-24)16-26-14-8-11-20(26)19-15-18(30-2)12-13-21(19)31-3/h5-7,9-10,12-13,15,20H,4,8,11,14,16H2,1-3H3,(H,25,29)/t20-,24+/m1/s1. The fourth-order valence-electron chi connectivity index (χ4n) is 4.75. The summed E-state index contributed by atoms with van der Waals surface area (Å²) < 4.78 is 11.0.